The molecule has 1 saturated carbocycles. The van der Waals surface area contributed by atoms with Gasteiger partial charge in [-0.25, -0.2) is 14.4 Å². The molecule has 0 radical (unpaired) electrons. The van der Waals surface area contributed by atoms with E-state index in [1.165, 1.54) is 6.07 Å². The van der Waals surface area contributed by atoms with Gasteiger partial charge in [-0.3, -0.25) is 14.5 Å². The molecule has 7 rings (SSSR count). The number of nitrogens with zero attached hydrogens (tertiary/aromatic N) is 3. The van der Waals surface area contributed by atoms with Crippen LogP contribution in [0.3, 0.4) is 0 Å². The van der Waals surface area contributed by atoms with Gasteiger partial charge < -0.3 is 25.2 Å². The summed E-state index contributed by atoms with van der Waals surface area (Å²) in [5.74, 6) is 0.149. The Morgan fingerprint density at radius 3 is 2.73 bits per heavy atom. The largest absolute Gasteiger partial charge is 0.508 e. The molecule has 1 amide bonds. The molecule has 51 heavy (non-hydrogen) atoms. The van der Waals surface area contributed by atoms with E-state index in [1.54, 1.807) is 24.3 Å². The number of aromatic hydroxyl groups is 1. The molecule has 0 bridgehead atoms. The van der Waals surface area contributed by atoms with Crippen molar-refractivity contribution in [1.82, 2.24) is 25.5 Å². The van der Waals surface area contributed by atoms with Gasteiger partial charge in [-0.2, -0.15) is 0 Å². The number of aryl methyl sites for hydroxylation is 1. The van der Waals surface area contributed by atoms with Crippen LogP contribution in [0, 0.1) is 18.7 Å². The van der Waals surface area contributed by atoms with Gasteiger partial charge in [0.25, 0.3) is 5.91 Å². The highest BCUT2D eigenvalue weighted by molar-refractivity contribution is 6.04. The number of phenolic OH excluding ortho intramolecular Hbond substituents is 1. The van der Waals surface area contributed by atoms with Gasteiger partial charge in [0, 0.05) is 44.0 Å². The van der Waals surface area contributed by atoms with Crippen molar-refractivity contribution in [1.29, 1.82) is 0 Å². The molecule has 2 aromatic heterocycles. The van der Waals surface area contributed by atoms with Crippen molar-refractivity contribution in [3.8, 4) is 28.5 Å². The molecule has 2 atom stereocenters. The molecule has 3 aliphatic rings. The molecule has 3 fully saturated rings. The Kier molecular flexibility index (Phi) is 10.7. The molecule has 4 aromatic rings. The fraction of sp³-hybridized carbons (Fsp3) is 0.400. The van der Waals surface area contributed by atoms with Crippen molar-refractivity contribution in [2.24, 2.45) is 5.92 Å². The maximum atomic E-state index is 14.5. The van der Waals surface area contributed by atoms with Crippen molar-refractivity contribution in [3.05, 3.63) is 101 Å². The molecule has 11 heteroatoms. The number of nitrogens with one attached hydrogen (secondary N) is 2. The van der Waals surface area contributed by atoms with E-state index >= 15 is 0 Å². The maximum Gasteiger partial charge on any atom is 0.270 e. The quantitative estimate of drug-likeness (QED) is 0.124. The van der Waals surface area contributed by atoms with Crippen LogP contribution in [0.15, 0.2) is 72.9 Å². The van der Waals surface area contributed by atoms with E-state index in [0.717, 1.165) is 86.8 Å². The number of aromatic nitrogens is 2. The number of Topliss-reactive ketones (excluding diaryl/α,β-unsaturated/α-hetero) is 1. The topological polar surface area (TPSA) is 136 Å². The number of pyridine rings is 2. The number of rotatable bonds is 11. The smallest absolute Gasteiger partial charge is 0.270 e. The van der Waals surface area contributed by atoms with Gasteiger partial charge in [-0.15, -0.1) is 0 Å². The van der Waals surface area contributed by atoms with E-state index in [4.69, 9.17) is 9.47 Å². The minimum Gasteiger partial charge on any atom is -0.508 e. The second-order valence-electron chi connectivity index (χ2n) is 13.9. The predicted molar refractivity (Wildman–Crippen MR) is 190 cm³/mol. The number of ether oxygens (including phenoxy) is 2. The van der Waals surface area contributed by atoms with Crippen molar-refractivity contribution >= 4 is 11.7 Å². The average molecular weight is 694 g/mol. The number of amides is 1. The third kappa shape index (κ3) is 8.79. The minimum absolute atomic E-state index is 0.00624. The summed E-state index contributed by atoms with van der Waals surface area (Å²) in [5, 5.41) is 16.7. The van der Waals surface area contributed by atoms with E-state index in [0.29, 0.717) is 30.5 Å². The molecule has 2 aromatic carbocycles. The first-order valence-electron chi connectivity index (χ1n) is 17.9. The fourth-order valence-corrected chi connectivity index (χ4v) is 7.35. The molecule has 2 aliphatic heterocycles. The summed E-state index contributed by atoms with van der Waals surface area (Å²) in [6.07, 6.45) is 6.49. The number of ketones is 1. The normalized spacial score (nSPS) is 22.2. The molecule has 1 aliphatic carbocycles. The number of benzene rings is 2. The summed E-state index contributed by atoms with van der Waals surface area (Å²) >= 11 is 0. The van der Waals surface area contributed by atoms with E-state index in [9.17, 15) is 19.1 Å². The van der Waals surface area contributed by atoms with Crippen LogP contribution < -0.4 is 15.4 Å². The Morgan fingerprint density at radius 2 is 1.88 bits per heavy atom. The summed E-state index contributed by atoms with van der Waals surface area (Å²) in [6, 6.07) is 19.1. The lowest BCUT2D eigenvalue weighted by Gasteiger charge is -2.29. The van der Waals surface area contributed by atoms with Crippen LogP contribution >= 0.6 is 0 Å². The second-order valence-corrected chi connectivity index (χ2v) is 13.9. The van der Waals surface area contributed by atoms with Crippen LogP contribution in [0.25, 0.3) is 11.1 Å². The number of carbonyl (C=O) groups excluding carboxylic acids is 2. The lowest BCUT2D eigenvalue weighted by atomic mass is 9.82. The Labute approximate surface area is 297 Å². The number of halogens is 1. The van der Waals surface area contributed by atoms with Gasteiger partial charge >= 0.3 is 0 Å². The highest BCUT2D eigenvalue weighted by Crippen LogP contribution is 2.36. The summed E-state index contributed by atoms with van der Waals surface area (Å²) in [7, 11) is 0. The van der Waals surface area contributed by atoms with Gasteiger partial charge in [0.1, 0.15) is 23.0 Å². The third-order valence-corrected chi connectivity index (χ3v) is 10.1. The standard InChI is InChI=1S/C40H44FN5O5/c1-25-5-2-8-35(43-25)39(49)44-30-11-9-26(10-12-30)19-36-37(45-36)38(48)34-22-29(41)23-42-40(34)51-32-7-3-6-27(21-32)33-14-13-31(47)20-28(33)24-46-15-4-17-50-18-16-46/h2-3,5-8,13-14,20-23,26,30,36-37,45,47H,4,9-12,15-19,24H2,1H3,(H,44,49). The van der Waals surface area contributed by atoms with E-state index in [2.05, 4.69) is 25.5 Å². The molecule has 2 saturated heterocycles. The summed E-state index contributed by atoms with van der Waals surface area (Å²) in [6.45, 7) is 5.68. The molecule has 266 valence electrons. The van der Waals surface area contributed by atoms with Crippen molar-refractivity contribution < 1.29 is 28.6 Å². The average Bonchev–Trinajstić information content (AvgIpc) is 3.94. The third-order valence-electron chi connectivity index (χ3n) is 10.1. The van der Waals surface area contributed by atoms with Gasteiger partial charge in [0.05, 0.1) is 24.4 Å². The van der Waals surface area contributed by atoms with Crippen LogP contribution in [0.4, 0.5) is 4.39 Å². The molecule has 3 N–H and O–H groups in total. The molecule has 0 spiro atoms. The summed E-state index contributed by atoms with van der Waals surface area (Å²) < 4.78 is 26.3. The van der Waals surface area contributed by atoms with Crippen LogP contribution in [-0.2, 0) is 11.3 Å². The highest BCUT2D eigenvalue weighted by Gasteiger charge is 2.45. The van der Waals surface area contributed by atoms with Crippen LogP contribution in [0.1, 0.15) is 70.6 Å². The Hall–Kier alpha value is -4.71. The first-order valence-corrected chi connectivity index (χ1v) is 17.9. The van der Waals surface area contributed by atoms with Crippen LogP contribution in [0.2, 0.25) is 0 Å². The minimum atomic E-state index is -0.606. The molecular weight excluding hydrogens is 649 g/mol. The first kappa shape index (κ1) is 34.7. The molecule has 2 unspecified atom stereocenters. The zero-order valence-electron chi connectivity index (χ0n) is 28.8. The number of hydrogen-bond donors (Lipinski definition) is 3. The predicted octanol–water partition coefficient (Wildman–Crippen LogP) is 6.21. The van der Waals surface area contributed by atoms with E-state index in [-0.39, 0.29) is 41.0 Å². The van der Waals surface area contributed by atoms with E-state index in [1.807, 2.05) is 43.3 Å². The summed E-state index contributed by atoms with van der Waals surface area (Å²) in [4.78, 5) is 37.2. The first-order chi connectivity index (χ1) is 24.8. The lowest BCUT2D eigenvalue weighted by molar-refractivity contribution is 0.0913. The number of carbonyl (C=O) groups is 2. The van der Waals surface area contributed by atoms with Crippen molar-refractivity contribution in [2.45, 2.75) is 70.1 Å². The molecule has 4 heterocycles. The number of hydrogen-bond acceptors (Lipinski definition) is 9. The van der Waals surface area contributed by atoms with Gasteiger partial charge in [-0.05, 0) is 111 Å². The zero-order valence-corrected chi connectivity index (χ0v) is 28.8. The van der Waals surface area contributed by atoms with Gasteiger partial charge in [-0.1, -0.05) is 24.3 Å². The monoisotopic (exact) mass is 693 g/mol. The maximum absolute atomic E-state index is 14.5. The van der Waals surface area contributed by atoms with E-state index < -0.39 is 11.9 Å². The second kappa shape index (κ2) is 15.7. The number of phenols is 1. The van der Waals surface area contributed by atoms with Crippen LogP contribution in [0.5, 0.6) is 17.4 Å². The fourth-order valence-electron chi connectivity index (χ4n) is 7.35. The Morgan fingerprint density at radius 1 is 1.04 bits per heavy atom. The van der Waals surface area contributed by atoms with Gasteiger partial charge in [0.15, 0.2) is 5.78 Å². The highest BCUT2D eigenvalue weighted by atomic mass is 19.1. The summed E-state index contributed by atoms with van der Waals surface area (Å²) in [5.41, 5.74) is 4.16. The molecule has 10 nitrogen and oxygen atoms in total. The Bertz CT molecular complexity index is 1870. The van der Waals surface area contributed by atoms with Crippen molar-refractivity contribution in [3.63, 3.8) is 0 Å². The van der Waals surface area contributed by atoms with Gasteiger partial charge in [0.2, 0.25) is 5.88 Å². The zero-order chi connectivity index (χ0) is 35.3. The lowest BCUT2D eigenvalue weighted by Crippen LogP contribution is -2.38. The van der Waals surface area contributed by atoms with Crippen molar-refractivity contribution in [2.75, 3.05) is 26.3 Å². The Balaban J connectivity index is 0.975. The molecular formula is C40H44FN5O5. The van der Waals surface area contributed by atoms with Crippen LogP contribution in [-0.4, -0.2) is 76.1 Å². The SMILES string of the molecule is Cc1cccc(C(=O)NC2CCC(CC3NC3C(=O)c3cc(F)cnc3Oc3cccc(-c4ccc(O)cc4CN4CCCOCC4)c3)CC2)n1.